The number of hydrogen-bond donors (Lipinski definition) is 0. The second kappa shape index (κ2) is 10.7. The zero-order valence-corrected chi connectivity index (χ0v) is 24.9. The Bertz CT molecular complexity index is 712. The third-order valence-electron chi connectivity index (χ3n) is 7.93. The molecule has 190 valence electrons. The fourth-order valence-electron chi connectivity index (χ4n) is 2.97. The SMILES string of the molecule is CCC(CO[Si](C)(C)C(C)(C)C)(CO[Si](C)(C)C(C)(C)C)CC(=O)CCN1C(=O)C=CC1=O. The molecule has 8 heteroatoms. The van der Waals surface area contributed by atoms with Gasteiger partial charge in [0.25, 0.3) is 11.8 Å². The molecule has 1 aliphatic heterocycles. The molecule has 2 amide bonds. The first-order valence-corrected chi connectivity index (χ1v) is 17.9. The van der Waals surface area contributed by atoms with Gasteiger partial charge in [0.05, 0.1) is 0 Å². The maximum atomic E-state index is 13.1. The number of amides is 2. The van der Waals surface area contributed by atoms with Crippen molar-refractivity contribution in [3.05, 3.63) is 12.2 Å². The molecule has 33 heavy (non-hydrogen) atoms. The summed E-state index contributed by atoms with van der Waals surface area (Å²) in [4.78, 5) is 37.9. The molecule has 0 atom stereocenters. The number of carbonyl (C=O) groups is 3. The monoisotopic (exact) mass is 497 g/mol. The molecule has 0 aliphatic carbocycles. The lowest BCUT2D eigenvalue weighted by Gasteiger charge is -2.43. The van der Waals surface area contributed by atoms with E-state index in [1.54, 1.807) is 0 Å². The summed E-state index contributed by atoms with van der Waals surface area (Å²) in [5.41, 5.74) is -0.431. The summed E-state index contributed by atoms with van der Waals surface area (Å²) >= 11 is 0. The van der Waals surface area contributed by atoms with Crippen molar-refractivity contribution in [2.75, 3.05) is 19.8 Å². The smallest absolute Gasteiger partial charge is 0.253 e. The highest BCUT2D eigenvalue weighted by molar-refractivity contribution is 6.74. The minimum Gasteiger partial charge on any atom is -0.416 e. The molecule has 0 spiro atoms. The molecule has 0 aromatic rings. The van der Waals surface area contributed by atoms with Gasteiger partial charge in [-0.2, -0.15) is 0 Å². The van der Waals surface area contributed by atoms with Crippen LogP contribution in [0.25, 0.3) is 0 Å². The highest BCUT2D eigenvalue weighted by Crippen LogP contribution is 2.41. The molecule has 0 fully saturated rings. The minimum absolute atomic E-state index is 0.0296. The van der Waals surface area contributed by atoms with Crippen LogP contribution in [0.1, 0.15) is 67.7 Å². The maximum Gasteiger partial charge on any atom is 0.253 e. The normalized spacial score (nSPS) is 16.2. The first-order valence-electron chi connectivity index (χ1n) is 12.1. The van der Waals surface area contributed by atoms with Gasteiger partial charge < -0.3 is 8.85 Å². The molecule has 0 aromatic carbocycles. The number of imide groups is 1. The number of Topliss-reactive ketones (excluding diaryl/α,β-unsaturated/α-hetero) is 1. The molecule has 1 aliphatic rings. The van der Waals surface area contributed by atoms with Crippen LogP contribution in [0.4, 0.5) is 0 Å². The van der Waals surface area contributed by atoms with Crippen LogP contribution >= 0.6 is 0 Å². The van der Waals surface area contributed by atoms with Crippen LogP contribution in [0.15, 0.2) is 12.2 Å². The Hall–Kier alpha value is -1.10. The zero-order chi connectivity index (χ0) is 25.9. The molecular weight excluding hydrogens is 450 g/mol. The van der Waals surface area contributed by atoms with Crippen molar-refractivity contribution in [3.63, 3.8) is 0 Å². The van der Waals surface area contributed by atoms with Crippen molar-refractivity contribution in [2.45, 2.75) is 104 Å². The van der Waals surface area contributed by atoms with Gasteiger partial charge in [0.2, 0.25) is 0 Å². The van der Waals surface area contributed by atoms with E-state index in [4.69, 9.17) is 8.85 Å². The highest BCUT2D eigenvalue weighted by atomic mass is 28.4. The van der Waals surface area contributed by atoms with Crippen molar-refractivity contribution in [1.29, 1.82) is 0 Å². The lowest BCUT2D eigenvalue weighted by Crippen LogP contribution is -2.48. The third-order valence-corrected chi connectivity index (χ3v) is 16.9. The molecule has 6 nitrogen and oxygen atoms in total. The maximum absolute atomic E-state index is 13.1. The predicted molar refractivity (Wildman–Crippen MR) is 139 cm³/mol. The van der Waals surface area contributed by atoms with Crippen LogP contribution in [-0.2, 0) is 23.2 Å². The summed E-state index contributed by atoms with van der Waals surface area (Å²) < 4.78 is 13.2. The van der Waals surface area contributed by atoms with Crippen LogP contribution in [-0.4, -0.2) is 58.9 Å². The highest BCUT2D eigenvalue weighted by Gasteiger charge is 2.43. The average Bonchev–Trinajstić information content (AvgIpc) is 2.98. The Kier molecular flexibility index (Phi) is 9.67. The van der Waals surface area contributed by atoms with E-state index in [0.29, 0.717) is 19.6 Å². The number of hydrogen-bond acceptors (Lipinski definition) is 5. The number of ketones is 1. The van der Waals surface area contributed by atoms with E-state index < -0.39 is 22.0 Å². The van der Waals surface area contributed by atoms with Crippen molar-refractivity contribution in [3.8, 4) is 0 Å². The lowest BCUT2D eigenvalue weighted by atomic mass is 9.81. The van der Waals surface area contributed by atoms with Gasteiger partial charge in [-0.1, -0.05) is 48.5 Å². The molecule has 0 radical (unpaired) electrons. The second-order valence-electron chi connectivity index (χ2n) is 12.6. The van der Waals surface area contributed by atoms with Gasteiger partial charge in [0, 0.05) is 50.2 Å². The topological polar surface area (TPSA) is 72.9 Å². The Labute approximate surface area is 203 Å². The second-order valence-corrected chi connectivity index (χ2v) is 22.2. The standard InChI is InChI=1S/C25H47NO5Si2/c1-12-25(18-30-32(8,9)23(2,3)4,19-31-33(10,11)24(5,6)7)17-20(27)15-16-26-21(28)13-14-22(26)29/h13-14H,12,15-19H2,1-11H3. The Morgan fingerprint density at radius 2 is 1.24 bits per heavy atom. The molecular formula is C25H47NO5Si2. The first kappa shape index (κ1) is 29.9. The first-order chi connectivity index (χ1) is 14.8. The van der Waals surface area contributed by atoms with E-state index in [1.807, 2.05) is 0 Å². The van der Waals surface area contributed by atoms with Crippen molar-refractivity contribution in [1.82, 2.24) is 4.90 Å². The summed E-state index contributed by atoms with van der Waals surface area (Å²) in [6.45, 7) is 25.3. The quantitative estimate of drug-likeness (QED) is 0.255. The van der Waals surface area contributed by atoms with Gasteiger partial charge in [0.15, 0.2) is 16.6 Å². The van der Waals surface area contributed by atoms with Gasteiger partial charge in [0.1, 0.15) is 5.78 Å². The molecule has 0 bridgehead atoms. The average molecular weight is 498 g/mol. The number of carbonyl (C=O) groups excluding carboxylic acids is 3. The fourth-order valence-corrected chi connectivity index (χ4v) is 5.17. The molecule has 0 saturated heterocycles. The lowest BCUT2D eigenvalue weighted by molar-refractivity contribution is -0.137. The van der Waals surface area contributed by atoms with Crippen LogP contribution in [0, 0.1) is 5.41 Å². The number of rotatable bonds is 12. The van der Waals surface area contributed by atoms with E-state index in [9.17, 15) is 14.4 Å². The van der Waals surface area contributed by atoms with E-state index >= 15 is 0 Å². The van der Waals surface area contributed by atoms with Crippen LogP contribution in [0.5, 0.6) is 0 Å². The largest absolute Gasteiger partial charge is 0.416 e. The Morgan fingerprint density at radius 3 is 1.58 bits per heavy atom. The van der Waals surface area contributed by atoms with Crippen molar-refractivity contribution < 1.29 is 23.2 Å². The Morgan fingerprint density at radius 1 is 0.848 bits per heavy atom. The molecule has 1 rings (SSSR count). The summed E-state index contributed by atoms with van der Waals surface area (Å²) in [5.74, 6) is -0.670. The Balaban J connectivity index is 3.02. The van der Waals surface area contributed by atoms with Crippen LogP contribution in [0.3, 0.4) is 0 Å². The van der Waals surface area contributed by atoms with Crippen molar-refractivity contribution in [2.24, 2.45) is 5.41 Å². The summed E-state index contributed by atoms with van der Waals surface area (Å²) in [6.07, 6.45) is 3.73. The molecule has 0 saturated carbocycles. The van der Waals surface area contributed by atoms with E-state index in [1.165, 1.54) is 12.2 Å². The van der Waals surface area contributed by atoms with Gasteiger partial charge in [-0.05, 0) is 42.7 Å². The van der Waals surface area contributed by atoms with E-state index in [0.717, 1.165) is 11.3 Å². The van der Waals surface area contributed by atoms with E-state index in [2.05, 4.69) is 74.7 Å². The third kappa shape index (κ3) is 7.97. The molecule has 0 unspecified atom stereocenters. The predicted octanol–water partition coefficient (Wildman–Crippen LogP) is 5.70. The summed E-state index contributed by atoms with van der Waals surface area (Å²) in [5, 5.41) is 0.139. The molecule has 0 N–H and O–H groups in total. The van der Waals surface area contributed by atoms with Gasteiger partial charge in [-0.25, -0.2) is 0 Å². The number of nitrogens with zero attached hydrogens (tertiary/aromatic N) is 1. The van der Waals surface area contributed by atoms with E-state index in [-0.39, 0.29) is 40.6 Å². The summed E-state index contributed by atoms with van der Waals surface area (Å²) in [7, 11) is -4.03. The van der Waals surface area contributed by atoms with Crippen LogP contribution < -0.4 is 0 Å². The fraction of sp³-hybridized carbons (Fsp3) is 0.800. The van der Waals surface area contributed by atoms with Gasteiger partial charge in [-0.15, -0.1) is 0 Å². The molecule has 0 aromatic heterocycles. The van der Waals surface area contributed by atoms with Gasteiger partial charge in [-0.3, -0.25) is 19.3 Å². The van der Waals surface area contributed by atoms with Crippen LogP contribution in [0.2, 0.25) is 36.3 Å². The molecule has 1 heterocycles. The zero-order valence-electron chi connectivity index (χ0n) is 22.9. The van der Waals surface area contributed by atoms with Crippen molar-refractivity contribution >= 4 is 34.2 Å². The van der Waals surface area contributed by atoms with Gasteiger partial charge >= 0.3 is 0 Å². The minimum atomic E-state index is -2.01. The summed E-state index contributed by atoms with van der Waals surface area (Å²) in [6, 6.07) is 0.